The lowest BCUT2D eigenvalue weighted by Crippen LogP contribution is -2.49. The summed E-state index contributed by atoms with van der Waals surface area (Å²) in [5, 5.41) is 9.80. The fourth-order valence-corrected chi connectivity index (χ4v) is 1.87. The molecular weight excluding hydrogens is 234 g/mol. The summed E-state index contributed by atoms with van der Waals surface area (Å²) in [6, 6.07) is -0.681. The summed E-state index contributed by atoms with van der Waals surface area (Å²) in [6.07, 6.45) is 0.340. The minimum Gasteiger partial charge on any atom is -0.510 e. The first-order chi connectivity index (χ1) is 7.93. The number of ether oxygens (including phenoxy) is 1. The van der Waals surface area contributed by atoms with E-state index in [2.05, 4.69) is 0 Å². The Balaban J connectivity index is 3.00. The van der Waals surface area contributed by atoms with Crippen LogP contribution in [0, 0.1) is 5.41 Å². The molecule has 1 unspecified atom stereocenters. The minimum absolute atomic E-state index is 0.0987. The Labute approximate surface area is 107 Å². The van der Waals surface area contributed by atoms with Crippen molar-refractivity contribution in [1.82, 2.24) is 4.90 Å². The van der Waals surface area contributed by atoms with E-state index in [-0.39, 0.29) is 5.76 Å². The molecular formula is C13H21NO4. The summed E-state index contributed by atoms with van der Waals surface area (Å²) in [4.78, 5) is 24.7. The van der Waals surface area contributed by atoms with Crippen LogP contribution in [-0.2, 0) is 9.53 Å². The zero-order valence-corrected chi connectivity index (χ0v) is 11.8. The predicted molar refractivity (Wildman–Crippen MR) is 67.0 cm³/mol. The van der Waals surface area contributed by atoms with Crippen molar-refractivity contribution >= 4 is 12.0 Å². The third kappa shape index (κ3) is 3.03. The van der Waals surface area contributed by atoms with Crippen LogP contribution in [0.15, 0.2) is 11.8 Å². The fourth-order valence-electron chi connectivity index (χ4n) is 1.87. The number of aliphatic hydroxyl groups excluding tert-OH is 1. The van der Waals surface area contributed by atoms with Gasteiger partial charge >= 0.3 is 6.09 Å². The average Bonchev–Trinajstić information content (AvgIpc) is 2.36. The van der Waals surface area contributed by atoms with Crippen molar-refractivity contribution in [2.24, 2.45) is 5.41 Å². The maximum absolute atomic E-state index is 12.0. The molecule has 5 heteroatoms. The molecule has 1 N–H and O–H groups in total. The van der Waals surface area contributed by atoms with Crippen LogP contribution in [0.3, 0.4) is 0 Å². The van der Waals surface area contributed by atoms with Crippen molar-refractivity contribution in [2.75, 3.05) is 0 Å². The summed E-state index contributed by atoms with van der Waals surface area (Å²) >= 11 is 0. The first-order valence-corrected chi connectivity index (χ1v) is 5.90. The van der Waals surface area contributed by atoms with Gasteiger partial charge in [0.05, 0.1) is 0 Å². The fraction of sp³-hybridized carbons (Fsp3) is 0.692. The van der Waals surface area contributed by atoms with Crippen LogP contribution in [-0.4, -0.2) is 33.6 Å². The van der Waals surface area contributed by atoms with Crippen LogP contribution in [0.25, 0.3) is 0 Å². The van der Waals surface area contributed by atoms with Gasteiger partial charge in [-0.1, -0.05) is 20.8 Å². The van der Waals surface area contributed by atoms with Crippen LogP contribution in [0.2, 0.25) is 0 Å². The smallest absolute Gasteiger partial charge is 0.418 e. The second kappa shape index (κ2) is 4.30. The van der Waals surface area contributed by atoms with Gasteiger partial charge in [0.1, 0.15) is 17.4 Å². The molecule has 1 rings (SSSR count). The van der Waals surface area contributed by atoms with Crippen LogP contribution >= 0.6 is 0 Å². The van der Waals surface area contributed by atoms with Gasteiger partial charge in [0, 0.05) is 6.08 Å². The normalized spacial score (nSPS) is 21.0. The number of rotatable bonds is 0. The first kappa shape index (κ1) is 14.5. The number of amides is 2. The zero-order valence-electron chi connectivity index (χ0n) is 11.8. The molecule has 0 saturated carbocycles. The summed E-state index contributed by atoms with van der Waals surface area (Å²) in [7, 11) is 0. The Morgan fingerprint density at radius 2 is 1.78 bits per heavy atom. The molecule has 0 saturated heterocycles. The van der Waals surface area contributed by atoms with Gasteiger partial charge in [-0.15, -0.1) is 0 Å². The SMILES string of the molecule is CC(C)(C)OC(=O)N1C(=O)C=C(O)C1C(C)(C)C. The second-order valence-electron chi connectivity index (χ2n) is 6.53. The monoisotopic (exact) mass is 255 g/mol. The molecule has 0 spiro atoms. The summed E-state index contributed by atoms with van der Waals surface area (Å²) in [5.41, 5.74) is -1.14. The Hall–Kier alpha value is -1.52. The molecule has 1 aliphatic rings. The highest BCUT2D eigenvalue weighted by molar-refractivity contribution is 6.02. The molecule has 5 nitrogen and oxygen atoms in total. The molecule has 1 aliphatic heterocycles. The van der Waals surface area contributed by atoms with E-state index in [1.54, 1.807) is 20.8 Å². The van der Waals surface area contributed by atoms with E-state index >= 15 is 0 Å². The van der Waals surface area contributed by atoms with E-state index in [1.165, 1.54) is 0 Å². The molecule has 1 heterocycles. The van der Waals surface area contributed by atoms with E-state index in [0.29, 0.717) is 0 Å². The Bertz CT molecular complexity index is 398. The van der Waals surface area contributed by atoms with E-state index < -0.39 is 29.1 Å². The molecule has 2 amide bonds. The number of carbonyl (C=O) groups is 2. The van der Waals surface area contributed by atoms with Gasteiger partial charge in [-0.25, -0.2) is 9.69 Å². The van der Waals surface area contributed by atoms with E-state index in [9.17, 15) is 14.7 Å². The van der Waals surface area contributed by atoms with Crippen LogP contribution in [0.5, 0.6) is 0 Å². The molecule has 0 aromatic heterocycles. The van der Waals surface area contributed by atoms with Crippen LogP contribution in [0.4, 0.5) is 4.79 Å². The van der Waals surface area contributed by atoms with Crippen molar-refractivity contribution in [1.29, 1.82) is 0 Å². The Kier molecular flexibility index (Phi) is 3.47. The van der Waals surface area contributed by atoms with Gasteiger partial charge in [-0.2, -0.15) is 0 Å². The highest BCUT2D eigenvalue weighted by atomic mass is 16.6. The number of hydrogen-bond donors (Lipinski definition) is 1. The van der Waals surface area contributed by atoms with Gasteiger partial charge in [-0.05, 0) is 26.2 Å². The van der Waals surface area contributed by atoms with Crippen molar-refractivity contribution in [3.63, 3.8) is 0 Å². The van der Waals surface area contributed by atoms with E-state index in [0.717, 1.165) is 11.0 Å². The highest BCUT2D eigenvalue weighted by Crippen LogP contribution is 2.34. The van der Waals surface area contributed by atoms with Crippen molar-refractivity contribution in [2.45, 2.75) is 53.2 Å². The van der Waals surface area contributed by atoms with Gasteiger partial charge in [0.15, 0.2) is 0 Å². The van der Waals surface area contributed by atoms with Gasteiger partial charge in [0.2, 0.25) is 0 Å². The molecule has 0 aromatic rings. The predicted octanol–water partition coefficient (Wildman–Crippen LogP) is 2.62. The highest BCUT2D eigenvalue weighted by Gasteiger charge is 2.45. The number of aliphatic hydroxyl groups is 1. The van der Waals surface area contributed by atoms with Crippen LogP contribution in [0.1, 0.15) is 41.5 Å². The van der Waals surface area contributed by atoms with E-state index in [4.69, 9.17) is 4.74 Å². The largest absolute Gasteiger partial charge is 0.510 e. The molecule has 0 fully saturated rings. The summed E-state index contributed by atoms with van der Waals surface area (Å²) < 4.78 is 5.19. The number of carbonyl (C=O) groups excluding carboxylic acids is 2. The maximum Gasteiger partial charge on any atom is 0.418 e. The van der Waals surface area contributed by atoms with E-state index in [1.807, 2.05) is 20.8 Å². The molecule has 0 radical (unpaired) electrons. The molecule has 0 aliphatic carbocycles. The standard InChI is InChI=1S/C13H21NO4/c1-12(2,3)10-8(15)7-9(16)14(10)11(17)18-13(4,5)6/h7,10,15H,1-6H3. The molecule has 18 heavy (non-hydrogen) atoms. The molecule has 0 aromatic carbocycles. The lowest BCUT2D eigenvalue weighted by Gasteiger charge is -2.34. The Morgan fingerprint density at radius 3 is 2.17 bits per heavy atom. The average molecular weight is 255 g/mol. The quantitative estimate of drug-likeness (QED) is 0.722. The van der Waals surface area contributed by atoms with Gasteiger partial charge in [0.25, 0.3) is 5.91 Å². The zero-order chi connectivity index (χ0) is 14.3. The third-order valence-electron chi connectivity index (χ3n) is 2.46. The first-order valence-electron chi connectivity index (χ1n) is 5.90. The summed E-state index contributed by atoms with van der Waals surface area (Å²) in [5.74, 6) is -0.639. The van der Waals surface area contributed by atoms with Crippen molar-refractivity contribution in [3.8, 4) is 0 Å². The lowest BCUT2D eigenvalue weighted by atomic mass is 9.86. The third-order valence-corrected chi connectivity index (χ3v) is 2.46. The maximum atomic E-state index is 12.0. The van der Waals surface area contributed by atoms with Gasteiger partial charge in [-0.3, -0.25) is 4.79 Å². The molecule has 102 valence electrons. The van der Waals surface area contributed by atoms with Crippen molar-refractivity contribution in [3.05, 3.63) is 11.8 Å². The van der Waals surface area contributed by atoms with Crippen LogP contribution < -0.4 is 0 Å². The number of nitrogens with zero attached hydrogens (tertiary/aromatic N) is 1. The topological polar surface area (TPSA) is 66.8 Å². The summed E-state index contributed by atoms with van der Waals surface area (Å²) in [6.45, 7) is 10.7. The minimum atomic E-state index is -0.729. The molecule has 1 atom stereocenters. The number of imide groups is 1. The second-order valence-corrected chi connectivity index (χ2v) is 6.53. The molecule has 0 bridgehead atoms. The number of hydrogen-bond acceptors (Lipinski definition) is 4. The van der Waals surface area contributed by atoms with Crippen molar-refractivity contribution < 1.29 is 19.4 Å². The lowest BCUT2D eigenvalue weighted by molar-refractivity contribution is -0.127. The Morgan fingerprint density at radius 1 is 1.28 bits per heavy atom. The van der Waals surface area contributed by atoms with Gasteiger partial charge < -0.3 is 9.84 Å².